The first-order valence-electron chi connectivity index (χ1n) is 10.4. The molecule has 142 valence electrons. The second-order valence-corrected chi connectivity index (χ2v) is 9.37. The number of fused-ring (bicyclic) bond motifs is 1. The zero-order valence-electron chi connectivity index (χ0n) is 15.2. The second kappa shape index (κ2) is 7.36. The van der Waals surface area contributed by atoms with Gasteiger partial charge in [-0.2, -0.15) is 0 Å². The van der Waals surface area contributed by atoms with Crippen molar-refractivity contribution in [2.75, 3.05) is 0 Å². The summed E-state index contributed by atoms with van der Waals surface area (Å²) in [6.45, 7) is 0. The first-order valence-corrected chi connectivity index (χ1v) is 10.9. The van der Waals surface area contributed by atoms with Crippen molar-refractivity contribution in [3.8, 4) is 0 Å². The van der Waals surface area contributed by atoms with Gasteiger partial charge in [0, 0.05) is 17.2 Å². The van der Waals surface area contributed by atoms with E-state index in [2.05, 4.69) is 4.99 Å². The lowest BCUT2D eigenvalue weighted by Gasteiger charge is -2.47. The SMILES string of the molecule is NC1=NC2CCC(Cl)CC2C1(O)C1CCCCC1OC1CCCCC1. The van der Waals surface area contributed by atoms with E-state index in [9.17, 15) is 5.11 Å². The minimum Gasteiger partial charge on any atom is -0.385 e. The summed E-state index contributed by atoms with van der Waals surface area (Å²) in [5, 5.41) is 11.9. The number of ether oxygens (including phenoxy) is 1. The molecule has 3 aliphatic carbocycles. The number of aliphatic hydroxyl groups is 1. The van der Waals surface area contributed by atoms with Crippen LogP contribution in [0.3, 0.4) is 0 Å². The lowest BCUT2D eigenvalue weighted by Crippen LogP contribution is -2.59. The minimum atomic E-state index is -1.02. The van der Waals surface area contributed by atoms with Gasteiger partial charge in [-0.3, -0.25) is 4.99 Å². The number of amidine groups is 1. The molecule has 1 aliphatic heterocycles. The number of rotatable bonds is 3. The fourth-order valence-electron chi connectivity index (χ4n) is 5.88. The molecule has 0 radical (unpaired) electrons. The maximum Gasteiger partial charge on any atom is 0.131 e. The number of alkyl halides is 1. The third-order valence-corrected chi connectivity index (χ3v) is 7.61. The number of aliphatic imine (C=N–C) groups is 1. The zero-order valence-corrected chi connectivity index (χ0v) is 16.0. The molecule has 0 aromatic carbocycles. The molecule has 25 heavy (non-hydrogen) atoms. The molecule has 3 saturated carbocycles. The molecule has 3 N–H and O–H groups in total. The molecule has 6 atom stereocenters. The minimum absolute atomic E-state index is 0.0730. The molecule has 5 heteroatoms. The summed E-state index contributed by atoms with van der Waals surface area (Å²) < 4.78 is 6.57. The van der Waals surface area contributed by atoms with Crippen LogP contribution in [0.25, 0.3) is 0 Å². The molecule has 4 aliphatic rings. The molecule has 0 saturated heterocycles. The Morgan fingerprint density at radius 3 is 2.48 bits per heavy atom. The molecule has 0 spiro atoms. The number of hydrogen-bond acceptors (Lipinski definition) is 4. The predicted molar refractivity (Wildman–Crippen MR) is 101 cm³/mol. The van der Waals surface area contributed by atoms with Gasteiger partial charge in [-0.1, -0.05) is 32.1 Å². The molecular weight excluding hydrogens is 336 g/mol. The smallest absolute Gasteiger partial charge is 0.131 e. The lowest BCUT2D eigenvalue weighted by atomic mass is 9.65. The maximum atomic E-state index is 11.8. The fraction of sp³-hybridized carbons (Fsp3) is 0.950. The molecule has 3 fully saturated rings. The van der Waals surface area contributed by atoms with E-state index < -0.39 is 5.60 Å². The van der Waals surface area contributed by atoms with Gasteiger partial charge in [-0.15, -0.1) is 11.6 Å². The van der Waals surface area contributed by atoms with Crippen molar-refractivity contribution in [2.24, 2.45) is 22.6 Å². The Hall–Kier alpha value is -0.320. The van der Waals surface area contributed by atoms with Crippen LogP contribution in [-0.2, 0) is 4.74 Å². The van der Waals surface area contributed by atoms with Crippen LogP contribution in [0.4, 0.5) is 0 Å². The molecule has 4 nitrogen and oxygen atoms in total. The highest BCUT2D eigenvalue weighted by atomic mass is 35.5. The van der Waals surface area contributed by atoms with Crippen LogP contribution in [0.2, 0.25) is 0 Å². The summed E-state index contributed by atoms with van der Waals surface area (Å²) >= 11 is 6.46. The van der Waals surface area contributed by atoms with Gasteiger partial charge < -0.3 is 15.6 Å². The van der Waals surface area contributed by atoms with Crippen LogP contribution in [0.15, 0.2) is 4.99 Å². The van der Waals surface area contributed by atoms with Crippen molar-refractivity contribution in [3.05, 3.63) is 0 Å². The van der Waals surface area contributed by atoms with Gasteiger partial charge in [0.05, 0.1) is 18.2 Å². The number of nitrogens with two attached hydrogens (primary N) is 1. The molecule has 0 amide bonds. The van der Waals surface area contributed by atoms with Gasteiger partial charge in [-0.05, 0) is 44.9 Å². The van der Waals surface area contributed by atoms with Crippen molar-refractivity contribution in [3.63, 3.8) is 0 Å². The first-order chi connectivity index (χ1) is 12.1. The van der Waals surface area contributed by atoms with E-state index in [1.807, 2.05) is 0 Å². The van der Waals surface area contributed by atoms with E-state index in [0.717, 1.165) is 38.5 Å². The van der Waals surface area contributed by atoms with E-state index in [0.29, 0.717) is 11.9 Å². The highest BCUT2D eigenvalue weighted by molar-refractivity contribution is 6.20. The van der Waals surface area contributed by atoms with Crippen molar-refractivity contribution in [1.82, 2.24) is 0 Å². The highest BCUT2D eigenvalue weighted by Gasteiger charge is 2.58. The Morgan fingerprint density at radius 2 is 1.68 bits per heavy atom. The molecule has 1 heterocycles. The van der Waals surface area contributed by atoms with Crippen molar-refractivity contribution in [2.45, 2.75) is 106 Å². The summed E-state index contributed by atoms with van der Waals surface area (Å²) in [5.41, 5.74) is 5.33. The number of nitrogens with zero attached hydrogens (tertiary/aromatic N) is 1. The molecular formula is C20H33ClN2O2. The standard InChI is InChI=1S/C20H33ClN2O2/c21-13-10-11-17-16(12-13)20(24,19(22)23-17)15-8-4-5-9-18(15)25-14-6-2-1-3-7-14/h13-18,24H,1-12H2,(H2,22,23). The number of hydrogen-bond donors (Lipinski definition) is 2. The van der Waals surface area contributed by atoms with Gasteiger partial charge in [0.1, 0.15) is 11.4 Å². The van der Waals surface area contributed by atoms with Crippen molar-refractivity contribution < 1.29 is 9.84 Å². The predicted octanol–water partition coefficient (Wildman–Crippen LogP) is 3.77. The van der Waals surface area contributed by atoms with E-state index in [-0.39, 0.29) is 29.4 Å². The summed E-state index contributed by atoms with van der Waals surface area (Å²) in [6, 6.07) is 0.150. The topological polar surface area (TPSA) is 67.8 Å². The van der Waals surface area contributed by atoms with Gasteiger partial charge in [0.15, 0.2) is 0 Å². The molecule has 0 aromatic rings. The summed E-state index contributed by atoms with van der Waals surface area (Å²) in [5.74, 6) is 0.602. The highest BCUT2D eigenvalue weighted by Crippen LogP contribution is 2.49. The quantitative estimate of drug-likeness (QED) is 0.745. The molecule has 4 rings (SSSR count). The Morgan fingerprint density at radius 1 is 0.960 bits per heavy atom. The van der Waals surface area contributed by atoms with Crippen molar-refractivity contribution in [1.29, 1.82) is 0 Å². The zero-order chi connectivity index (χ0) is 17.4. The van der Waals surface area contributed by atoms with Gasteiger partial charge in [0.25, 0.3) is 0 Å². The van der Waals surface area contributed by atoms with Crippen LogP contribution >= 0.6 is 11.6 Å². The maximum absolute atomic E-state index is 11.8. The average Bonchev–Trinajstić information content (AvgIpc) is 2.88. The largest absolute Gasteiger partial charge is 0.385 e. The van der Waals surface area contributed by atoms with Gasteiger partial charge >= 0.3 is 0 Å². The van der Waals surface area contributed by atoms with Crippen LogP contribution in [0, 0.1) is 11.8 Å². The van der Waals surface area contributed by atoms with E-state index >= 15 is 0 Å². The summed E-state index contributed by atoms with van der Waals surface area (Å²) in [6.07, 6.45) is 13.8. The van der Waals surface area contributed by atoms with Crippen molar-refractivity contribution >= 4 is 17.4 Å². The Balaban J connectivity index is 1.54. The van der Waals surface area contributed by atoms with Gasteiger partial charge in [0.2, 0.25) is 0 Å². The van der Waals surface area contributed by atoms with Gasteiger partial charge in [-0.25, -0.2) is 0 Å². The normalized spacial score (nSPS) is 45.8. The first kappa shape index (κ1) is 18.1. The monoisotopic (exact) mass is 368 g/mol. The Labute approximate surface area is 156 Å². The summed E-state index contributed by atoms with van der Waals surface area (Å²) in [7, 11) is 0. The molecule has 0 aromatic heterocycles. The second-order valence-electron chi connectivity index (χ2n) is 8.75. The van der Waals surface area contributed by atoms with Crippen LogP contribution < -0.4 is 5.73 Å². The Kier molecular flexibility index (Phi) is 5.32. The lowest BCUT2D eigenvalue weighted by molar-refractivity contribution is -0.132. The Bertz CT molecular complexity index is 508. The summed E-state index contributed by atoms with van der Waals surface area (Å²) in [4.78, 5) is 4.68. The molecule has 0 bridgehead atoms. The average molecular weight is 369 g/mol. The third-order valence-electron chi connectivity index (χ3n) is 7.22. The third kappa shape index (κ3) is 3.35. The van der Waals surface area contributed by atoms with E-state index in [4.69, 9.17) is 22.1 Å². The fourth-order valence-corrected chi connectivity index (χ4v) is 6.20. The molecule has 6 unspecified atom stereocenters. The van der Waals surface area contributed by atoms with Crippen LogP contribution in [0.5, 0.6) is 0 Å². The van der Waals surface area contributed by atoms with E-state index in [1.165, 1.54) is 38.5 Å². The number of halogens is 1. The van der Waals surface area contributed by atoms with Crippen LogP contribution in [0.1, 0.15) is 77.0 Å². The van der Waals surface area contributed by atoms with E-state index in [1.54, 1.807) is 0 Å². The van der Waals surface area contributed by atoms with Crippen LogP contribution in [-0.4, -0.2) is 40.2 Å².